The second kappa shape index (κ2) is 17.1. The van der Waals surface area contributed by atoms with E-state index in [-0.39, 0.29) is 35.6 Å². The molecule has 0 unspecified atom stereocenters. The van der Waals surface area contributed by atoms with Gasteiger partial charge in [-0.05, 0) is 60.9 Å². The van der Waals surface area contributed by atoms with Gasteiger partial charge in [-0.15, -0.1) is 0 Å². The molecule has 1 amide bonds. The molecule has 1 N–H and O–H groups in total. The Bertz CT molecular complexity index is 1300. The first-order chi connectivity index (χ1) is 19.5. The Hall–Kier alpha value is -3.12. The summed E-state index contributed by atoms with van der Waals surface area (Å²) in [5.74, 6) is -4.29. The maximum atomic E-state index is 13.7. The van der Waals surface area contributed by atoms with Gasteiger partial charge in [0.15, 0.2) is 11.6 Å². The van der Waals surface area contributed by atoms with Crippen LogP contribution >= 0.6 is 0 Å². The van der Waals surface area contributed by atoms with Crippen LogP contribution in [0.5, 0.6) is 11.5 Å². The summed E-state index contributed by atoms with van der Waals surface area (Å²) >= 11 is 0. The molecule has 0 heterocycles. The summed E-state index contributed by atoms with van der Waals surface area (Å²) in [5.41, 5.74) is 1.52. The highest BCUT2D eigenvalue weighted by Gasteiger charge is 2.18. The van der Waals surface area contributed by atoms with E-state index in [2.05, 4.69) is 38.6 Å². The summed E-state index contributed by atoms with van der Waals surface area (Å²) in [6.07, 6.45) is 6.45. The topological polar surface area (TPSA) is 64.6 Å². The molecule has 0 saturated carbocycles. The van der Waals surface area contributed by atoms with E-state index < -0.39 is 29.0 Å². The number of hydrogen-bond acceptors (Lipinski definition) is 4. The zero-order valence-electron chi connectivity index (χ0n) is 24.2. The van der Waals surface area contributed by atoms with E-state index in [0.717, 1.165) is 48.6 Å². The molecular formula is C32H38F3IN2O4. The maximum Gasteiger partial charge on any atom is 0.346 e. The van der Waals surface area contributed by atoms with Crippen LogP contribution in [0.25, 0.3) is 0 Å². The van der Waals surface area contributed by atoms with Crippen LogP contribution in [0.15, 0.2) is 60.7 Å². The normalized spacial score (nSPS) is 11.0. The Morgan fingerprint density at radius 1 is 0.738 bits per heavy atom. The van der Waals surface area contributed by atoms with Crippen molar-refractivity contribution in [3.05, 3.63) is 89.2 Å². The van der Waals surface area contributed by atoms with Crippen LogP contribution in [0.3, 0.4) is 0 Å². The number of carbonyl (C=O) groups excluding carboxylic acids is 2. The maximum absolute atomic E-state index is 13.7. The molecule has 0 atom stereocenters. The Morgan fingerprint density at radius 3 is 1.95 bits per heavy atom. The van der Waals surface area contributed by atoms with Crippen molar-refractivity contribution < 1.29 is 56.2 Å². The van der Waals surface area contributed by atoms with Gasteiger partial charge in [-0.3, -0.25) is 9.28 Å². The number of ether oxygens (including phenoxy) is 2. The van der Waals surface area contributed by atoms with E-state index in [1.165, 1.54) is 17.8 Å². The highest BCUT2D eigenvalue weighted by Crippen LogP contribution is 2.21. The third-order valence-electron chi connectivity index (χ3n) is 6.50. The van der Waals surface area contributed by atoms with E-state index >= 15 is 0 Å². The van der Waals surface area contributed by atoms with Crippen molar-refractivity contribution in [3.63, 3.8) is 0 Å². The molecule has 0 aliphatic heterocycles. The van der Waals surface area contributed by atoms with Gasteiger partial charge in [0.2, 0.25) is 5.91 Å². The average Bonchev–Trinajstić information content (AvgIpc) is 2.92. The lowest BCUT2D eigenvalue weighted by Crippen LogP contribution is -3.00. The molecule has 10 heteroatoms. The molecule has 0 bridgehead atoms. The van der Waals surface area contributed by atoms with E-state index in [1.54, 1.807) is 12.1 Å². The lowest BCUT2D eigenvalue weighted by atomic mass is 10.1. The first-order valence-corrected chi connectivity index (χ1v) is 13.8. The minimum absolute atomic E-state index is 0. The van der Waals surface area contributed by atoms with Crippen LogP contribution in [-0.4, -0.2) is 46.2 Å². The van der Waals surface area contributed by atoms with Gasteiger partial charge in [0, 0.05) is 12.6 Å². The smallest absolute Gasteiger partial charge is 0.346 e. The van der Waals surface area contributed by atoms with Gasteiger partial charge in [0.1, 0.15) is 23.0 Å². The lowest BCUT2D eigenvalue weighted by Gasteiger charge is -2.23. The third kappa shape index (κ3) is 11.6. The number of nitrogens with one attached hydrogen (secondary N) is 1. The molecule has 3 rings (SSSR count). The molecule has 228 valence electrons. The van der Waals surface area contributed by atoms with E-state index in [0.29, 0.717) is 37.5 Å². The van der Waals surface area contributed by atoms with Gasteiger partial charge >= 0.3 is 5.97 Å². The second-order valence-corrected chi connectivity index (χ2v) is 10.8. The minimum atomic E-state index is -1.38. The zero-order valence-corrected chi connectivity index (χ0v) is 26.4. The van der Waals surface area contributed by atoms with Crippen LogP contribution in [-0.2, 0) is 11.2 Å². The van der Waals surface area contributed by atoms with Gasteiger partial charge < -0.3 is 38.8 Å². The van der Waals surface area contributed by atoms with Crippen LogP contribution in [0, 0.1) is 17.5 Å². The number of carbonyl (C=O) groups is 2. The zero-order chi connectivity index (χ0) is 29.8. The quantitative estimate of drug-likeness (QED) is 0.0659. The third-order valence-corrected chi connectivity index (χ3v) is 6.50. The molecule has 0 aliphatic rings. The fraction of sp³-hybridized carbons (Fsp3) is 0.375. The molecule has 3 aromatic rings. The average molecular weight is 699 g/mol. The molecule has 3 aromatic carbocycles. The number of amides is 1. The first kappa shape index (κ1) is 35.1. The number of unbranched alkanes of at least 4 members (excludes halogenated alkanes) is 5. The highest BCUT2D eigenvalue weighted by molar-refractivity contribution is 5.91. The summed E-state index contributed by atoms with van der Waals surface area (Å²) < 4.78 is 51.6. The molecule has 0 fully saturated rings. The molecule has 0 aromatic heterocycles. The molecule has 0 spiro atoms. The largest absolute Gasteiger partial charge is 1.00 e. The predicted molar refractivity (Wildman–Crippen MR) is 154 cm³/mol. The van der Waals surface area contributed by atoms with Crippen molar-refractivity contribution in [2.45, 2.75) is 44.9 Å². The summed E-state index contributed by atoms with van der Waals surface area (Å²) in [6, 6.07) is 15.1. The minimum Gasteiger partial charge on any atom is -1.00 e. The molecule has 0 saturated heterocycles. The first-order valence-electron chi connectivity index (χ1n) is 13.8. The van der Waals surface area contributed by atoms with Crippen molar-refractivity contribution in [3.8, 4) is 11.5 Å². The molecular weight excluding hydrogens is 660 g/mol. The number of hydrogen-bond donors (Lipinski definition) is 1. The number of rotatable bonds is 15. The number of benzene rings is 3. The number of esters is 1. The van der Waals surface area contributed by atoms with Gasteiger partial charge in [-0.1, -0.05) is 37.8 Å². The van der Waals surface area contributed by atoms with Crippen LogP contribution in [0.1, 0.15) is 54.4 Å². The Labute approximate surface area is 262 Å². The number of halogens is 4. The molecule has 6 nitrogen and oxygen atoms in total. The Kier molecular flexibility index (Phi) is 14.3. The van der Waals surface area contributed by atoms with Crippen molar-refractivity contribution in [1.82, 2.24) is 9.80 Å². The Balaban J connectivity index is 0.00000616. The second-order valence-electron chi connectivity index (χ2n) is 10.8. The standard InChI is InChI=1S/C32H37F3N2O4.HI/c1-37(2,3)24-12-10-23(11-13-24)20-31(38)36-18-8-6-4-5-7-9-19-40-25-14-16-26(17-15-25)41-32(39)27-21-29(34)30(35)22-28(27)33;/h10-17,21-22H,4-9,18-20H2,1-3H3;1H. The van der Waals surface area contributed by atoms with Crippen molar-refractivity contribution in [1.29, 1.82) is 0 Å². The van der Waals surface area contributed by atoms with Crippen molar-refractivity contribution >= 4 is 17.6 Å². The predicted octanol–water partition coefficient (Wildman–Crippen LogP) is 3.60. The van der Waals surface area contributed by atoms with Gasteiger partial charge in [0.25, 0.3) is 0 Å². The van der Waals surface area contributed by atoms with Gasteiger partial charge in [0.05, 0.1) is 39.7 Å². The SMILES string of the molecule is C[N+](C)(C)c1ccc(CC(=O)NCCCCCCCCOc2ccc(OC(=O)c3cc(F)c(F)cc3F)cc2)cc1.[I-]. The van der Waals surface area contributed by atoms with E-state index in [9.17, 15) is 22.8 Å². The van der Waals surface area contributed by atoms with Crippen molar-refractivity contribution in [2.24, 2.45) is 0 Å². The van der Waals surface area contributed by atoms with Crippen LogP contribution < -0.4 is 43.3 Å². The molecule has 42 heavy (non-hydrogen) atoms. The van der Waals surface area contributed by atoms with E-state index in [4.69, 9.17) is 9.47 Å². The van der Waals surface area contributed by atoms with E-state index in [1.807, 2.05) is 12.1 Å². The number of nitrogens with zero attached hydrogens (tertiary/aromatic N) is 1. The Morgan fingerprint density at radius 2 is 1.31 bits per heavy atom. The van der Waals surface area contributed by atoms with Crippen LogP contribution in [0.4, 0.5) is 18.9 Å². The number of quaternary nitrogens is 1. The van der Waals surface area contributed by atoms with Gasteiger partial charge in [-0.25, -0.2) is 18.0 Å². The van der Waals surface area contributed by atoms with Gasteiger partial charge in [-0.2, -0.15) is 0 Å². The van der Waals surface area contributed by atoms with Crippen molar-refractivity contribution in [2.75, 3.05) is 34.3 Å². The molecule has 0 radical (unpaired) electrons. The fourth-order valence-electron chi connectivity index (χ4n) is 4.11. The summed E-state index contributed by atoms with van der Waals surface area (Å²) in [7, 11) is 6.33. The molecule has 0 aliphatic carbocycles. The summed E-state index contributed by atoms with van der Waals surface area (Å²) in [5, 5.41) is 3.00. The summed E-state index contributed by atoms with van der Waals surface area (Å²) in [6.45, 7) is 1.21. The highest BCUT2D eigenvalue weighted by atomic mass is 127. The summed E-state index contributed by atoms with van der Waals surface area (Å²) in [4.78, 5) is 24.3. The lowest BCUT2D eigenvalue weighted by molar-refractivity contribution is -0.120. The van der Waals surface area contributed by atoms with Crippen LogP contribution in [0.2, 0.25) is 0 Å². The monoisotopic (exact) mass is 698 g/mol. The fourth-order valence-corrected chi connectivity index (χ4v) is 4.11.